The van der Waals surface area contributed by atoms with Crippen LogP contribution in [0, 0.1) is 6.92 Å². The Hall–Kier alpha value is -1.94. The van der Waals surface area contributed by atoms with Crippen molar-refractivity contribution in [3.63, 3.8) is 0 Å². The monoisotopic (exact) mass is 283 g/mol. The molecule has 0 radical (unpaired) electrons. The van der Waals surface area contributed by atoms with Crippen molar-refractivity contribution < 1.29 is 4.74 Å². The number of nitrogens with one attached hydrogen (secondary N) is 1. The lowest BCUT2D eigenvalue weighted by Crippen LogP contribution is -2.17. The van der Waals surface area contributed by atoms with E-state index in [9.17, 15) is 0 Å². The third kappa shape index (κ3) is 4.02. The van der Waals surface area contributed by atoms with E-state index in [1.54, 1.807) is 7.11 Å². The van der Waals surface area contributed by atoms with Gasteiger partial charge in [-0.1, -0.05) is 12.1 Å². The van der Waals surface area contributed by atoms with Gasteiger partial charge in [-0.25, -0.2) is 9.97 Å². The van der Waals surface area contributed by atoms with Gasteiger partial charge >= 0.3 is 0 Å². The summed E-state index contributed by atoms with van der Waals surface area (Å²) in [5.41, 5.74) is 3.31. The van der Waals surface area contributed by atoms with Crippen molar-refractivity contribution in [1.29, 1.82) is 0 Å². The quantitative estimate of drug-likeness (QED) is 0.885. The van der Waals surface area contributed by atoms with E-state index in [1.165, 1.54) is 18.4 Å². The number of nitrogens with zero attached hydrogens (tertiary/aromatic N) is 2. The summed E-state index contributed by atoms with van der Waals surface area (Å²) in [5.74, 6) is 1.76. The molecule has 0 atom stereocenters. The van der Waals surface area contributed by atoms with E-state index in [4.69, 9.17) is 4.74 Å². The maximum atomic E-state index is 5.18. The Bertz CT molecular complexity index is 606. The molecule has 1 saturated carbocycles. The fraction of sp³-hybridized carbons (Fsp3) is 0.412. The average molecular weight is 283 g/mol. The fourth-order valence-corrected chi connectivity index (χ4v) is 2.33. The van der Waals surface area contributed by atoms with Crippen LogP contribution in [-0.2, 0) is 13.0 Å². The highest BCUT2D eigenvalue weighted by Crippen LogP contribution is 2.19. The van der Waals surface area contributed by atoms with Crippen LogP contribution in [0.2, 0.25) is 0 Å². The Kier molecular flexibility index (Phi) is 4.15. The molecule has 0 spiro atoms. The van der Waals surface area contributed by atoms with E-state index >= 15 is 0 Å². The molecule has 0 unspecified atom stereocenters. The predicted molar refractivity (Wildman–Crippen MR) is 82.4 cm³/mol. The molecule has 4 heteroatoms. The number of benzene rings is 1. The van der Waals surface area contributed by atoms with E-state index in [0.717, 1.165) is 35.9 Å². The molecule has 1 heterocycles. The highest BCUT2D eigenvalue weighted by atomic mass is 16.5. The summed E-state index contributed by atoms with van der Waals surface area (Å²) in [4.78, 5) is 9.21. The first kappa shape index (κ1) is 14.0. The standard InChI is InChI=1S/C17H21N3O/c1-12-9-15(11-18-14-5-6-14)20-17(19-12)10-13-3-7-16(21-2)8-4-13/h3-4,7-9,14,18H,5-6,10-11H2,1-2H3. The zero-order valence-electron chi connectivity index (χ0n) is 12.6. The average Bonchev–Trinajstić information content (AvgIpc) is 3.30. The van der Waals surface area contributed by atoms with Gasteiger partial charge in [0.2, 0.25) is 0 Å². The lowest BCUT2D eigenvalue weighted by atomic mass is 10.1. The zero-order valence-corrected chi connectivity index (χ0v) is 12.6. The molecular weight excluding hydrogens is 262 g/mol. The molecule has 0 aliphatic heterocycles. The molecule has 1 aromatic heterocycles. The van der Waals surface area contributed by atoms with Crippen molar-refractivity contribution in [2.24, 2.45) is 0 Å². The molecule has 1 N–H and O–H groups in total. The van der Waals surface area contributed by atoms with Gasteiger partial charge in [-0.3, -0.25) is 0 Å². The van der Waals surface area contributed by atoms with Gasteiger partial charge in [0.25, 0.3) is 0 Å². The normalized spacial score (nSPS) is 14.2. The van der Waals surface area contributed by atoms with Gasteiger partial charge in [0.15, 0.2) is 0 Å². The van der Waals surface area contributed by atoms with Gasteiger partial charge in [0, 0.05) is 24.7 Å². The van der Waals surface area contributed by atoms with Crippen LogP contribution in [0.3, 0.4) is 0 Å². The largest absolute Gasteiger partial charge is 0.497 e. The van der Waals surface area contributed by atoms with Gasteiger partial charge in [0.1, 0.15) is 11.6 Å². The summed E-state index contributed by atoms with van der Waals surface area (Å²) in [6.07, 6.45) is 3.34. The van der Waals surface area contributed by atoms with Crippen LogP contribution in [0.15, 0.2) is 30.3 Å². The minimum absolute atomic E-state index is 0.699. The molecule has 0 bridgehead atoms. The first-order valence-corrected chi connectivity index (χ1v) is 7.42. The Morgan fingerprint density at radius 2 is 1.95 bits per heavy atom. The first-order chi connectivity index (χ1) is 10.2. The van der Waals surface area contributed by atoms with Crippen molar-refractivity contribution >= 4 is 0 Å². The molecule has 1 fully saturated rings. The SMILES string of the molecule is COc1ccc(Cc2nc(C)cc(CNC3CC3)n2)cc1. The molecule has 3 rings (SSSR count). The Morgan fingerprint density at radius 1 is 1.19 bits per heavy atom. The van der Waals surface area contributed by atoms with Crippen LogP contribution in [0.5, 0.6) is 5.75 Å². The highest BCUT2D eigenvalue weighted by Gasteiger charge is 2.20. The summed E-state index contributed by atoms with van der Waals surface area (Å²) in [6.45, 7) is 2.86. The summed E-state index contributed by atoms with van der Waals surface area (Å²) in [7, 11) is 1.68. The van der Waals surface area contributed by atoms with Gasteiger partial charge in [-0.05, 0) is 43.5 Å². The van der Waals surface area contributed by atoms with E-state index in [-0.39, 0.29) is 0 Å². The topological polar surface area (TPSA) is 47.0 Å². The summed E-state index contributed by atoms with van der Waals surface area (Å²) < 4.78 is 5.18. The van der Waals surface area contributed by atoms with Crippen molar-refractivity contribution in [2.75, 3.05) is 7.11 Å². The van der Waals surface area contributed by atoms with E-state index in [1.807, 2.05) is 19.1 Å². The molecule has 2 aromatic rings. The minimum Gasteiger partial charge on any atom is -0.497 e. The predicted octanol–water partition coefficient (Wildman–Crippen LogP) is 2.64. The van der Waals surface area contributed by atoms with Crippen LogP contribution in [0.4, 0.5) is 0 Å². The van der Waals surface area contributed by atoms with Gasteiger partial charge < -0.3 is 10.1 Å². The molecule has 0 saturated heterocycles. The minimum atomic E-state index is 0.699. The fourth-order valence-electron chi connectivity index (χ4n) is 2.33. The number of methoxy groups -OCH3 is 1. The van der Waals surface area contributed by atoms with E-state index in [2.05, 4.69) is 33.5 Å². The first-order valence-electron chi connectivity index (χ1n) is 7.42. The van der Waals surface area contributed by atoms with Crippen molar-refractivity contribution in [1.82, 2.24) is 15.3 Å². The number of rotatable bonds is 6. The van der Waals surface area contributed by atoms with E-state index < -0.39 is 0 Å². The Morgan fingerprint density at radius 3 is 2.62 bits per heavy atom. The molecule has 1 aliphatic carbocycles. The number of hydrogen-bond acceptors (Lipinski definition) is 4. The lowest BCUT2D eigenvalue weighted by molar-refractivity contribution is 0.414. The van der Waals surface area contributed by atoms with Crippen LogP contribution < -0.4 is 10.1 Å². The molecule has 1 aromatic carbocycles. The number of ether oxygens (including phenoxy) is 1. The summed E-state index contributed by atoms with van der Waals surface area (Å²) >= 11 is 0. The molecule has 1 aliphatic rings. The maximum Gasteiger partial charge on any atom is 0.133 e. The lowest BCUT2D eigenvalue weighted by Gasteiger charge is -2.07. The molecule has 4 nitrogen and oxygen atoms in total. The van der Waals surface area contributed by atoms with Crippen LogP contribution in [-0.4, -0.2) is 23.1 Å². The smallest absolute Gasteiger partial charge is 0.133 e. The number of hydrogen-bond donors (Lipinski definition) is 1. The summed E-state index contributed by atoms with van der Waals surface area (Å²) in [5, 5.41) is 3.50. The second kappa shape index (κ2) is 6.22. The van der Waals surface area contributed by atoms with Gasteiger partial charge in [-0.15, -0.1) is 0 Å². The van der Waals surface area contributed by atoms with Gasteiger partial charge in [0.05, 0.1) is 12.8 Å². The molecule has 110 valence electrons. The Balaban J connectivity index is 1.70. The number of aryl methyl sites for hydroxylation is 1. The van der Waals surface area contributed by atoms with Gasteiger partial charge in [-0.2, -0.15) is 0 Å². The maximum absolute atomic E-state index is 5.18. The van der Waals surface area contributed by atoms with Crippen molar-refractivity contribution in [3.05, 3.63) is 53.1 Å². The van der Waals surface area contributed by atoms with Crippen molar-refractivity contribution in [3.8, 4) is 5.75 Å². The molecular formula is C17H21N3O. The Labute approximate surface area is 125 Å². The zero-order chi connectivity index (χ0) is 14.7. The van der Waals surface area contributed by atoms with Crippen LogP contribution in [0.25, 0.3) is 0 Å². The second-order valence-corrected chi connectivity index (χ2v) is 5.60. The van der Waals surface area contributed by atoms with Crippen molar-refractivity contribution in [2.45, 2.75) is 38.8 Å². The molecule has 0 amide bonds. The molecule has 21 heavy (non-hydrogen) atoms. The number of aromatic nitrogens is 2. The van der Waals surface area contributed by atoms with Crippen LogP contribution >= 0.6 is 0 Å². The third-order valence-corrected chi connectivity index (χ3v) is 3.62. The second-order valence-electron chi connectivity index (χ2n) is 5.60. The highest BCUT2D eigenvalue weighted by molar-refractivity contribution is 5.29. The van der Waals surface area contributed by atoms with E-state index in [0.29, 0.717) is 6.04 Å². The van der Waals surface area contributed by atoms with Crippen LogP contribution in [0.1, 0.15) is 35.6 Å². The summed E-state index contributed by atoms with van der Waals surface area (Å²) in [6, 6.07) is 10.8. The third-order valence-electron chi connectivity index (χ3n) is 3.62.